The summed E-state index contributed by atoms with van der Waals surface area (Å²) in [5, 5.41) is 21.6. The van der Waals surface area contributed by atoms with Crippen LogP contribution in [0.3, 0.4) is 0 Å². The van der Waals surface area contributed by atoms with Crippen LogP contribution in [0.5, 0.6) is 5.75 Å². The first-order valence-corrected chi connectivity index (χ1v) is 6.65. The second kappa shape index (κ2) is 5.65. The molecule has 5 heteroatoms. The van der Waals surface area contributed by atoms with Gasteiger partial charge in [0.1, 0.15) is 11.3 Å². The van der Waals surface area contributed by atoms with Crippen molar-refractivity contribution in [3.05, 3.63) is 76.0 Å². The minimum Gasteiger partial charge on any atom is -0.506 e. The van der Waals surface area contributed by atoms with Gasteiger partial charge in [0, 0.05) is 11.5 Å². The molecule has 0 aliphatic carbocycles. The standard InChI is InChI=1S/C17H12N2O3/c20-16-7-3-5-13-9-11-14(18-17(13)16)10-8-12-4-1-2-6-15(12)19(21)22/h1-11,20H/b10-8+. The van der Waals surface area contributed by atoms with E-state index in [1.807, 2.05) is 12.1 Å². The Morgan fingerprint density at radius 2 is 1.82 bits per heavy atom. The maximum atomic E-state index is 11.0. The molecule has 3 aromatic rings. The second-order valence-corrected chi connectivity index (χ2v) is 4.73. The maximum absolute atomic E-state index is 11.0. The summed E-state index contributed by atoms with van der Waals surface area (Å²) in [6.07, 6.45) is 3.33. The number of phenols is 1. The Kier molecular flexibility index (Phi) is 3.53. The SMILES string of the molecule is O=[N+]([O-])c1ccccc1/C=C/c1ccc2cccc(O)c2n1. The van der Waals surface area contributed by atoms with Crippen LogP contribution < -0.4 is 0 Å². The molecule has 3 rings (SSSR count). The Morgan fingerprint density at radius 3 is 2.64 bits per heavy atom. The van der Waals surface area contributed by atoms with E-state index in [2.05, 4.69) is 4.98 Å². The highest BCUT2D eigenvalue weighted by Crippen LogP contribution is 2.24. The normalized spacial score (nSPS) is 11.1. The van der Waals surface area contributed by atoms with Gasteiger partial charge in [0.2, 0.25) is 0 Å². The van der Waals surface area contributed by atoms with Crippen LogP contribution >= 0.6 is 0 Å². The first-order chi connectivity index (χ1) is 10.6. The van der Waals surface area contributed by atoms with E-state index in [0.717, 1.165) is 5.39 Å². The Balaban J connectivity index is 2.00. The molecule has 1 N–H and O–H groups in total. The molecule has 0 spiro atoms. The van der Waals surface area contributed by atoms with Crippen LogP contribution in [0.2, 0.25) is 0 Å². The van der Waals surface area contributed by atoms with E-state index in [9.17, 15) is 15.2 Å². The highest BCUT2D eigenvalue weighted by Gasteiger charge is 2.09. The number of phenolic OH excluding ortho intramolecular Hbond substituents is 1. The fourth-order valence-electron chi connectivity index (χ4n) is 2.21. The first-order valence-electron chi connectivity index (χ1n) is 6.65. The zero-order valence-corrected chi connectivity index (χ0v) is 11.5. The van der Waals surface area contributed by atoms with Gasteiger partial charge in [0.05, 0.1) is 16.2 Å². The molecular weight excluding hydrogens is 280 g/mol. The number of fused-ring (bicyclic) bond motifs is 1. The monoisotopic (exact) mass is 292 g/mol. The number of aromatic hydroxyl groups is 1. The van der Waals surface area contributed by atoms with Crippen molar-refractivity contribution in [3.63, 3.8) is 0 Å². The van der Waals surface area contributed by atoms with Crippen molar-refractivity contribution in [2.24, 2.45) is 0 Å². The molecule has 1 heterocycles. The number of pyridine rings is 1. The van der Waals surface area contributed by atoms with Crippen molar-refractivity contribution < 1.29 is 10.0 Å². The largest absolute Gasteiger partial charge is 0.506 e. The Hall–Kier alpha value is -3.21. The molecule has 0 aliphatic heterocycles. The van der Waals surface area contributed by atoms with E-state index in [4.69, 9.17) is 0 Å². The lowest BCUT2D eigenvalue weighted by molar-refractivity contribution is -0.385. The molecule has 22 heavy (non-hydrogen) atoms. The molecule has 0 atom stereocenters. The summed E-state index contributed by atoms with van der Waals surface area (Å²) >= 11 is 0. The zero-order valence-electron chi connectivity index (χ0n) is 11.5. The number of hydrogen-bond donors (Lipinski definition) is 1. The van der Waals surface area contributed by atoms with Gasteiger partial charge in [0.15, 0.2) is 0 Å². The molecule has 5 nitrogen and oxygen atoms in total. The lowest BCUT2D eigenvalue weighted by Crippen LogP contribution is -1.90. The van der Waals surface area contributed by atoms with Crippen LogP contribution in [-0.4, -0.2) is 15.0 Å². The minimum absolute atomic E-state index is 0.0439. The van der Waals surface area contributed by atoms with E-state index in [-0.39, 0.29) is 11.4 Å². The molecule has 0 saturated carbocycles. The van der Waals surface area contributed by atoms with Gasteiger partial charge >= 0.3 is 0 Å². The number of nitro groups is 1. The topological polar surface area (TPSA) is 76.3 Å². The van der Waals surface area contributed by atoms with Gasteiger partial charge in [-0.3, -0.25) is 10.1 Å². The Labute approximate surface area is 126 Å². The third-order valence-corrected chi connectivity index (χ3v) is 3.29. The molecule has 0 saturated heterocycles. The van der Waals surface area contributed by atoms with Crippen LogP contribution in [0.25, 0.3) is 23.1 Å². The molecule has 2 aromatic carbocycles. The highest BCUT2D eigenvalue weighted by atomic mass is 16.6. The van der Waals surface area contributed by atoms with E-state index in [0.29, 0.717) is 16.8 Å². The van der Waals surface area contributed by atoms with Crippen LogP contribution in [0, 0.1) is 10.1 Å². The van der Waals surface area contributed by atoms with Crippen LogP contribution in [0.15, 0.2) is 54.6 Å². The fraction of sp³-hybridized carbons (Fsp3) is 0. The van der Waals surface area contributed by atoms with Crippen LogP contribution in [0.1, 0.15) is 11.3 Å². The molecule has 0 radical (unpaired) electrons. The number of benzene rings is 2. The highest BCUT2D eigenvalue weighted by molar-refractivity contribution is 5.86. The summed E-state index contributed by atoms with van der Waals surface area (Å²) in [6, 6.07) is 15.3. The van der Waals surface area contributed by atoms with E-state index in [1.54, 1.807) is 48.6 Å². The maximum Gasteiger partial charge on any atom is 0.276 e. The minimum atomic E-state index is -0.417. The quantitative estimate of drug-likeness (QED) is 0.584. The average Bonchev–Trinajstić information content (AvgIpc) is 2.53. The number of para-hydroxylation sites is 2. The van der Waals surface area contributed by atoms with Gasteiger partial charge in [-0.2, -0.15) is 0 Å². The number of aromatic nitrogens is 1. The lowest BCUT2D eigenvalue weighted by Gasteiger charge is -2.01. The first kappa shape index (κ1) is 13.8. The van der Waals surface area contributed by atoms with Crippen molar-refractivity contribution in [3.8, 4) is 5.75 Å². The third-order valence-electron chi connectivity index (χ3n) is 3.29. The van der Waals surface area contributed by atoms with Crippen LogP contribution in [0.4, 0.5) is 5.69 Å². The summed E-state index contributed by atoms with van der Waals surface area (Å²) in [7, 11) is 0. The smallest absolute Gasteiger partial charge is 0.276 e. The van der Waals surface area contributed by atoms with Gasteiger partial charge in [-0.15, -0.1) is 0 Å². The summed E-state index contributed by atoms with van der Waals surface area (Å²) < 4.78 is 0. The number of hydrogen-bond acceptors (Lipinski definition) is 4. The van der Waals surface area contributed by atoms with Crippen molar-refractivity contribution in [2.45, 2.75) is 0 Å². The van der Waals surface area contributed by atoms with Gasteiger partial charge in [-0.05, 0) is 30.4 Å². The summed E-state index contributed by atoms with van der Waals surface area (Å²) in [5.74, 6) is 0.110. The van der Waals surface area contributed by atoms with E-state index < -0.39 is 4.92 Å². The molecule has 0 fully saturated rings. The van der Waals surface area contributed by atoms with Crippen molar-refractivity contribution in [1.29, 1.82) is 0 Å². The predicted molar refractivity (Wildman–Crippen MR) is 85.4 cm³/mol. The average molecular weight is 292 g/mol. The summed E-state index contributed by atoms with van der Waals surface area (Å²) in [5.41, 5.74) is 1.67. The summed E-state index contributed by atoms with van der Waals surface area (Å²) in [6.45, 7) is 0. The van der Waals surface area contributed by atoms with Gasteiger partial charge in [0.25, 0.3) is 5.69 Å². The fourth-order valence-corrected chi connectivity index (χ4v) is 2.21. The molecule has 0 bridgehead atoms. The molecule has 108 valence electrons. The number of nitrogens with zero attached hydrogens (tertiary/aromatic N) is 2. The van der Waals surface area contributed by atoms with Crippen molar-refractivity contribution in [2.75, 3.05) is 0 Å². The third kappa shape index (κ3) is 2.64. The Morgan fingerprint density at radius 1 is 1.00 bits per heavy atom. The lowest BCUT2D eigenvalue weighted by atomic mass is 10.1. The second-order valence-electron chi connectivity index (χ2n) is 4.73. The van der Waals surface area contributed by atoms with Crippen molar-refractivity contribution in [1.82, 2.24) is 4.98 Å². The molecular formula is C17H12N2O3. The zero-order chi connectivity index (χ0) is 15.5. The van der Waals surface area contributed by atoms with E-state index in [1.165, 1.54) is 6.07 Å². The predicted octanol–water partition coefficient (Wildman–Crippen LogP) is 4.02. The molecule has 0 unspecified atom stereocenters. The van der Waals surface area contributed by atoms with Crippen molar-refractivity contribution >= 4 is 28.7 Å². The Bertz CT molecular complexity index is 888. The molecule has 1 aromatic heterocycles. The molecule has 0 amide bonds. The van der Waals surface area contributed by atoms with E-state index >= 15 is 0 Å². The number of nitro benzene ring substituents is 1. The van der Waals surface area contributed by atoms with Gasteiger partial charge in [-0.1, -0.05) is 30.3 Å². The van der Waals surface area contributed by atoms with Gasteiger partial charge in [-0.25, -0.2) is 4.98 Å². The van der Waals surface area contributed by atoms with Crippen LogP contribution in [-0.2, 0) is 0 Å². The molecule has 0 aliphatic rings. The van der Waals surface area contributed by atoms with Gasteiger partial charge < -0.3 is 5.11 Å². The summed E-state index contributed by atoms with van der Waals surface area (Å²) in [4.78, 5) is 14.9. The number of rotatable bonds is 3.